The molecule has 1 atom stereocenters. The summed E-state index contributed by atoms with van der Waals surface area (Å²) in [5, 5.41) is 0. The van der Waals surface area contributed by atoms with Crippen LogP contribution in [0.25, 0.3) is 0 Å². The maximum atomic E-state index is 13.2. The number of carbonyl (C=O) groups is 2. The molecule has 0 saturated carbocycles. The third kappa shape index (κ3) is 2.17. The van der Waals surface area contributed by atoms with Crippen LogP contribution in [0, 0.1) is 0 Å². The van der Waals surface area contributed by atoms with Gasteiger partial charge in [0.05, 0.1) is 19.9 Å². The average molecular weight is 340 g/mol. The Balaban J connectivity index is 2.33. The number of carbonyl (C=O) groups excluding carboxylic acids is 2. The van der Waals surface area contributed by atoms with E-state index in [-0.39, 0.29) is 5.91 Å². The molecule has 0 bridgehead atoms. The fraction of sp³-hybridized carbons (Fsp3) is 0.263. The summed E-state index contributed by atoms with van der Waals surface area (Å²) in [6.45, 7) is 1.83. The Morgan fingerprint density at radius 1 is 1.12 bits per heavy atom. The van der Waals surface area contributed by atoms with E-state index < -0.39 is 11.4 Å². The second-order valence-electron chi connectivity index (χ2n) is 5.78. The van der Waals surface area contributed by atoms with Crippen molar-refractivity contribution in [1.29, 1.82) is 0 Å². The van der Waals surface area contributed by atoms with E-state index in [1.165, 1.54) is 19.1 Å². The predicted molar refractivity (Wildman–Crippen MR) is 94.0 cm³/mol. The average Bonchev–Trinajstić information content (AvgIpc) is 2.90. The molecule has 1 aliphatic heterocycles. The molecule has 2 N–H and O–H groups in total. The molecule has 1 aliphatic rings. The van der Waals surface area contributed by atoms with E-state index in [1.54, 1.807) is 42.5 Å². The molecule has 6 nitrogen and oxygen atoms in total. The largest absolute Gasteiger partial charge is 0.493 e. The predicted octanol–water partition coefficient (Wildman–Crippen LogP) is 2.45. The number of nitrogens with zero attached hydrogens (tertiary/aromatic N) is 1. The van der Waals surface area contributed by atoms with Crippen LogP contribution in [-0.2, 0) is 10.3 Å². The standard InChI is InChI=1S/C19H20N2O4/c1-4-19(18(20)23)13-9-6-5-8-12(13)17(22)21(19)14-10-7-11-15(24-2)16(14)25-3/h5-11H,4H2,1-3H3,(H2,20,23). The lowest BCUT2D eigenvalue weighted by Gasteiger charge is -2.36. The molecule has 2 amide bonds. The van der Waals surface area contributed by atoms with Gasteiger partial charge in [0, 0.05) is 11.1 Å². The molecule has 0 aliphatic carbocycles. The Morgan fingerprint density at radius 3 is 2.44 bits per heavy atom. The molecule has 2 aromatic rings. The van der Waals surface area contributed by atoms with Gasteiger partial charge in [-0.15, -0.1) is 0 Å². The minimum absolute atomic E-state index is 0.289. The van der Waals surface area contributed by atoms with Gasteiger partial charge < -0.3 is 15.2 Å². The van der Waals surface area contributed by atoms with Crippen molar-refractivity contribution in [2.45, 2.75) is 18.9 Å². The molecule has 130 valence electrons. The van der Waals surface area contributed by atoms with E-state index in [1.807, 2.05) is 6.92 Å². The van der Waals surface area contributed by atoms with E-state index in [0.717, 1.165) is 0 Å². The number of hydrogen-bond acceptors (Lipinski definition) is 4. The molecule has 2 aromatic carbocycles. The summed E-state index contributed by atoms with van der Waals surface area (Å²) in [5.41, 5.74) is 6.06. The SMILES string of the molecule is CCC1(C(N)=O)c2ccccc2C(=O)N1c1cccc(OC)c1OC. The topological polar surface area (TPSA) is 81.9 Å². The van der Waals surface area contributed by atoms with Crippen molar-refractivity contribution < 1.29 is 19.1 Å². The molecule has 3 rings (SSSR count). The van der Waals surface area contributed by atoms with Crippen molar-refractivity contribution >= 4 is 17.5 Å². The molecule has 0 saturated heterocycles. The van der Waals surface area contributed by atoms with Gasteiger partial charge in [-0.05, 0) is 24.6 Å². The van der Waals surface area contributed by atoms with Gasteiger partial charge in [0.25, 0.3) is 5.91 Å². The quantitative estimate of drug-likeness (QED) is 0.906. The summed E-state index contributed by atoms with van der Waals surface area (Å²) < 4.78 is 10.8. The number of nitrogens with two attached hydrogens (primary N) is 1. The first-order chi connectivity index (χ1) is 12.0. The van der Waals surface area contributed by atoms with Crippen molar-refractivity contribution in [2.75, 3.05) is 19.1 Å². The number of ether oxygens (including phenoxy) is 2. The van der Waals surface area contributed by atoms with E-state index in [4.69, 9.17) is 15.2 Å². The first-order valence-electron chi connectivity index (χ1n) is 7.97. The Labute approximate surface area is 146 Å². The van der Waals surface area contributed by atoms with Crippen molar-refractivity contribution in [3.05, 3.63) is 53.6 Å². The normalized spacial score (nSPS) is 18.8. The highest BCUT2D eigenvalue weighted by Crippen LogP contribution is 2.49. The third-order valence-electron chi connectivity index (χ3n) is 4.73. The zero-order valence-electron chi connectivity index (χ0n) is 14.4. The molecule has 0 aromatic heterocycles. The van der Waals surface area contributed by atoms with E-state index in [9.17, 15) is 9.59 Å². The zero-order chi connectivity index (χ0) is 18.2. The fourth-order valence-corrected chi connectivity index (χ4v) is 3.57. The fourth-order valence-electron chi connectivity index (χ4n) is 3.57. The van der Waals surface area contributed by atoms with Crippen LogP contribution >= 0.6 is 0 Å². The Kier molecular flexibility index (Phi) is 4.12. The van der Waals surface area contributed by atoms with E-state index in [0.29, 0.717) is 34.7 Å². The number of para-hydroxylation sites is 1. The van der Waals surface area contributed by atoms with Crippen molar-refractivity contribution in [1.82, 2.24) is 0 Å². The van der Waals surface area contributed by atoms with Gasteiger partial charge in [0.1, 0.15) is 0 Å². The van der Waals surface area contributed by atoms with Crippen LogP contribution in [0.4, 0.5) is 5.69 Å². The third-order valence-corrected chi connectivity index (χ3v) is 4.73. The number of benzene rings is 2. The van der Waals surface area contributed by atoms with Crippen LogP contribution in [-0.4, -0.2) is 26.0 Å². The Hall–Kier alpha value is -3.02. The lowest BCUT2D eigenvalue weighted by Crippen LogP contribution is -2.53. The highest BCUT2D eigenvalue weighted by molar-refractivity contribution is 6.18. The molecular weight excluding hydrogens is 320 g/mol. The molecule has 6 heteroatoms. The van der Waals surface area contributed by atoms with Crippen LogP contribution < -0.4 is 20.1 Å². The summed E-state index contributed by atoms with van der Waals surface area (Å²) in [4.78, 5) is 27.2. The maximum Gasteiger partial charge on any atom is 0.260 e. The molecule has 1 unspecified atom stereocenters. The Bertz CT molecular complexity index is 849. The number of methoxy groups -OCH3 is 2. The van der Waals surface area contributed by atoms with Gasteiger partial charge in [0.15, 0.2) is 17.0 Å². The van der Waals surface area contributed by atoms with Gasteiger partial charge in [-0.2, -0.15) is 0 Å². The summed E-state index contributed by atoms with van der Waals surface area (Å²) in [6, 6.07) is 12.2. The molecule has 1 heterocycles. The monoisotopic (exact) mass is 340 g/mol. The number of rotatable bonds is 5. The minimum Gasteiger partial charge on any atom is -0.493 e. The van der Waals surface area contributed by atoms with Crippen LogP contribution in [0.1, 0.15) is 29.3 Å². The Morgan fingerprint density at radius 2 is 1.84 bits per heavy atom. The zero-order valence-corrected chi connectivity index (χ0v) is 14.4. The highest BCUT2D eigenvalue weighted by Gasteiger charge is 2.54. The van der Waals surface area contributed by atoms with E-state index >= 15 is 0 Å². The van der Waals surface area contributed by atoms with Crippen LogP contribution in [0.2, 0.25) is 0 Å². The number of amides is 2. The highest BCUT2D eigenvalue weighted by atomic mass is 16.5. The van der Waals surface area contributed by atoms with Gasteiger partial charge in [-0.3, -0.25) is 14.5 Å². The molecule has 0 spiro atoms. The van der Waals surface area contributed by atoms with Gasteiger partial charge in [-0.1, -0.05) is 31.2 Å². The van der Waals surface area contributed by atoms with Crippen LogP contribution in [0.5, 0.6) is 11.5 Å². The van der Waals surface area contributed by atoms with Gasteiger partial charge >= 0.3 is 0 Å². The lowest BCUT2D eigenvalue weighted by atomic mass is 9.86. The second-order valence-corrected chi connectivity index (χ2v) is 5.78. The minimum atomic E-state index is -1.27. The molecule has 0 radical (unpaired) electrons. The smallest absolute Gasteiger partial charge is 0.260 e. The van der Waals surface area contributed by atoms with E-state index in [2.05, 4.69) is 0 Å². The van der Waals surface area contributed by atoms with Gasteiger partial charge in [-0.25, -0.2) is 0 Å². The van der Waals surface area contributed by atoms with Crippen LogP contribution in [0.3, 0.4) is 0 Å². The number of fused-ring (bicyclic) bond motifs is 1. The van der Waals surface area contributed by atoms with Crippen molar-refractivity contribution in [2.24, 2.45) is 5.73 Å². The second kappa shape index (κ2) is 6.12. The summed E-state index contributed by atoms with van der Waals surface area (Å²) >= 11 is 0. The summed E-state index contributed by atoms with van der Waals surface area (Å²) in [6.07, 6.45) is 0.339. The molecule has 0 fully saturated rings. The van der Waals surface area contributed by atoms with Crippen molar-refractivity contribution in [3.63, 3.8) is 0 Å². The number of primary amides is 1. The lowest BCUT2D eigenvalue weighted by molar-refractivity contribution is -0.123. The summed E-state index contributed by atoms with van der Waals surface area (Å²) in [5.74, 6) is -0.0237. The molecule has 25 heavy (non-hydrogen) atoms. The first-order valence-corrected chi connectivity index (χ1v) is 7.97. The first kappa shape index (κ1) is 16.8. The number of hydrogen-bond donors (Lipinski definition) is 1. The molecular formula is C19H20N2O4. The maximum absolute atomic E-state index is 13.2. The van der Waals surface area contributed by atoms with Crippen molar-refractivity contribution in [3.8, 4) is 11.5 Å². The van der Waals surface area contributed by atoms with Crippen LogP contribution in [0.15, 0.2) is 42.5 Å². The summed E-state index contributed by atoms with van der Waals surface area (Å²) in [7, 11) is 3.01. The number of anilines is 1. The van der Waals surface area contributed by atoms with Gasteiger partial charge in [0.2, 0.25) is 5.91 Å².